The van der Waals surface area contributed by atoms with Crippen molar-refractivity contribution < 1.29 is 19.1 Å². The van der Waals surface area contributed by atoms with Crippen molar-refractivity contribution in [2.45, 2.75) is 39.7 Å². The van der Waals surface area contributed by atoms with Crippen molar-refractivity contribution in [2.24, 2.45) is 0 Å². The first-order valence-electron chi connectivity index (χ1n) is 8.26. The minimum absolute atomic E-state index is 0.141. The number of nitrogens with one attached hydrogen (secondary N) is 3. The first kappa shape index (κ1) is 20.5. The van der Waals surface area contributed by atoms with Crippen molar-refractivity contribution in [3.63, 3.8) is 0 Å². The highest BCUT2D eigenvalue weighted by Crippen LogP contribution is 2.06. The smallest absolute Gasteiger partial charge is 0.408 e. The number of aryl methyl sites for hydroxylation is 1. The molecule has 138 valence electrons. The Kier molecular flexibility index (Phi) is 7.91. The summed E-state index contributed by atoms with van der Waals surface area (Å²) in [5, 5.41) is 7.83. The van der Waals surface area contributed by atoms with E-state index in [1.54, 1.807) is 32.9 Å². The van der Waals surface area contributed by atoms with E-state index in [1.165, 1.54) is 0 Å². The van der Waals surface area contributed by atoms with E-state index in [0.29, 0.717) is 25.1 Å². The maximum absolute atomic E-state index is 11.9. The zero-order valence-corrected chi connectivity index (χ0v) is 15.3. The van der Waals surface area contributed by atoms with Crippen LogP contribution in [0.1, 0.15) is 43.1 Å². The van der Waals surface area contributed by atoms with E-state index in [4.69, 9.17) is 4.74 Å². The lowest BCUT2D eigenvalue weighted by molar-refractivity contribution is -0.120. The van der Waals surface area contributed by atoms with Gasteiger partial charge in [0.2, 0.25) is 5.91 Å². The van der Waals surface area contributed by atoms with Crippen molar-refractivity contribution in [2.75, 3.05) is 19.6 Å². The molecule has 0 atom stereocenters. The first-order valence-corrected chi connectivity index (χ1v) is 8.26. The van der Waals surface area contributed by atoms with Crippen molar-refractivity contribution in [3.8, 4) is 0 Å². The lowest BCUT2D eigenvalue weighted by Gasteiger charge is -2.19. The number of benzene rings is 1. The van der Waals surface area contributed by atoms with Crippen LogP contribution in [0.5, 0.6) is 0 Å². The van der Waals surface area contributed by atoms with Gasteiger partial charge < -0.3 is 20.7 Å². The predicted molar refractivity (Wildman–Crippen MR) is 95.4 cm³/mol. The van der Waals surface area contributed by atoms with Crippen LogP contribution < -0.4 is 16.0 Å². The van der Waals surface area contributed by atoms with Crippen LogP contribution in [0.2, 0.25) is 0 Å². The standard InChI is InChI=1S/C18H27N3O4/c1-13-6-8-14(9-7-13)16(23)20-11-5-10-19-15(22)12-21-17(24)25-18(2,3)4/h6-9H,5,10-12H2,1-4H3,(H,19,22)(H,20,23)(H,21,24). The van der Waals surface area contributed by atoms with Crippen LogP contribution in [0.25, 0.3) is 0 Å². The highest BCUT2D eigenvalue weighted by atomic mass is 16.6. The van der Waals surface area contributed by atoms with Crippen LogP contribution in [-0.2, 0) is 9.53 Å². The van der Waals surface area contributed by atoms with Gasteiger partial charge in [-0.3, -0.25) is 9.59 Å². The summed E-state index contributed by atoms with van der Waals surface area (Å²) in [5.41, 5.74) is 1.10. The van der Waals surface area contributed by atoms with Gasteiger partial charge in [0.15, 0.2) is 0 Å². The maximum Gasteiger partial charge on any atom is 0.408 e. The lowest BCUT2D eigenvalue weighted by atomic mass is 10.1. The van der Waals surface area contributed by atoms with Crippen LogP contribution in [0.15, 0.2) is 24.3 Å². The normalized spacial score (nSPS) is 10.7. The third kappa shape index (κ3) is 9.34. The van der Waals surface area contributed by atoms with Gasteiger partial charge in [0, 0.05) is 18.7 Å². The summed E-state index contributed by atoms with van der Waals surface area (Å²) in [6.07, 6.45) is -0.0384. The van der Waals surface area contributed by atoms with Gasteiger partial charge in [-0.15, -0.1) is 0 Å². The van der Waals surface area contributed by atoms with E-state index in [9.17, 15) is 14.4 Å². The molecule has 0 saturated heterocycles. The molecular formula is C18H27N3O4. The Morgan fingerprint density at radius 3 is 2.16 bits per heavy atom. The van der Waals surface area contributed by atoms with Crippen LogP contribution >= 0.6 is 0 Å². The van der Waals surface area contributed by atoms with Crippen molar-refractivity contribution >= 4 is 17.9 Å². The quantitative estimate of drug-likeness (QED) is 0.654. The van der Waals surface area contributed by atoms with Gasteiger partial charge >= 0.3 is 6.09 Å². The molecule has 1 rings (SSSR count). The summed E-state index contributed by atoms with van der Waals surface area (Å²) < 4.78 is 5.03. The summed E-state index contributed by atoms with van der Waals surface area (Å²) in [6.45, 7) is 7.91. The molecule has 0 saturated carbocycles. The topological polar surface area (TPSA) is 96.5 Å². The average Bonchev–Trinajstić information content (AvgIpc) is 2.51. The molecule has 0 aliphatic heterocycles. The summed E-state index contributed by atoms with van der Waals surface area (Å²) in [4.78, 5) is 34.9. The van der Waals surface area contributed by atoms with Gasteiger partial charge in [0.1, 0.15) is 5.60 Å². The molecule has 1 aromatic carbocycles. The Morgan fingerprint density at radius 1 is 0.960 bits per heavy atom. The number of alkyl carbamates (subject to hydrolysis) is 1. The number of ether oxygens (including phenoxy) is 1. The number of carbonyl (C=O) groups is 3. The van der Waals surface area contributed by atoms with E-state index < -0.39 is 11.7 Å². The van der Waals surface area contributed by atoms with E-state index >= 15 is 0 Å². The molecule has 0 unspecified atom stereocenters. The Bertz CT molecular complexity index is 591. The number of amides is 3. The molecule has 1 aromatic rings. The molecule has 0 radical (unpaired) electrons. The fraction of sp³-hybridized carbons (Fsp3) is 0.500. The number of hydrogen-bond acceptors (Lipinski definition) is 4. The van der Waals surface area contributed by atoms with E-state index in [2.05, 4.69) is 16.0 Å². The van der Waals surface area contributed by atoms with Gasteiger partial charge in [-0.1, -0.05) is 17.7 Å². The molecule has 0 heterocycles. The predicted octanol–water partition coefficient (Wildman–Crippen LogP) is 1.76. The minimum Gasteiger partial charge on any atom is -0.444 e. The van der Waals surface area contributed by atoms with E-state index in [-0.39, 0.29) is 18.4 Å². The molecule has 0 fully saturated rings. The van der Waals surface area contributed by atoms with E-state index in [1.807, 2.05) is 19.1 Å². The molecule has 7 nitrogen and oxygen atoms in total. The number of rotatable bonds is 7. The molecule has 0 bridgehead atoms. The van der Waals surface area contributed by atoms with Gasteiger partial charge in [0.25, 0.3) is 5.91 Å². The minimum atomic E-state index is -0.631. The molecule has 3 N–H and O–H groups in total. The third-order valence-electron chi connectivity index (χ3n) is 3.07. The first-order chi connectivity index (χ1) is 11.7. The molecule has 25 heavy (non-hydrogen) atoms. The summed E-state index contributed by atoms with van der Waals surface area (Å²) in [6, 6.07) is 7.31. The summed E-state index contributed by atoms with van der Waals surface area (Å²) in [7, 11) is 0. The molecule has 3 amide bonds. The van der Waals surface area contributed by atoms with Gasteiger partial charge in [-0.2, -0.15) is 0 Å². The number of hydrogen-bond donors (Lipinski definition) is 3. The Hall–Kier alpha value is -2.57. The molecule has 0 aliphatic rings. The average molecular weight is 349 g/mol. The highest BCUT2D eigenvalue weighted by Gasteiger charge is 2.16. The van der Waals surface area contributed by atoms with Crippen LogP contribution in [0.4, 0.5) is 4.79 Å². The Balaban J connectivity index is 2.12. The summed E-state index contributed by atoms with van der Waals surface area (Å²) >= 11 is 0. The second-order valence-corrected chi connectivity index (χ2v) is 6.68. The van der Waals surface area contributed by atoms with Crippen LogP contribution in [0, 0.1) is 6.92 Å². The zero-order chi connectivity index (χ0) is 18.9. The van der Waals surface area contributed by atoms with Crippen LogP contribution in [-0.4, -0.2) is 43.1 Å². The molecule has 0 aromatic heterocycles. The van der Waals surface area contributed by atoms with E-state index in [0.717, 1.165) is 5.56 Å². The largest absolute Gasteiger partial charge is 0.444 e. The van der Waals surface area contributed by atoms with Crippen molar-refractivity contribution in [1.29, 1.82) is 0 Å². The Labute approximate surface area is 148 Å². The monoisotopic (exact) mass is 349 g/mol. The second kappa shape index (κ2) is 9.66. The van der Waals surface area contributed by atoms with Crippen molar-refractivity contribution in [1.82, 2.24) is 16.0 Å². The van der Waals surface area contributed by atoms with Gasteiger partial charge in [-0.05, 0) is 46.2 Å². The maximum atomic E-state index is 11.9. The summed E-state index contributed by atoms with van der Waals surface area (Å²) in [5.74, 6) is -0.450. The number of carbonyl (C=O) groups excluding carboxylic acids is 3. The third-order valence-corrected chi connectivity index (χ3v) is 3.07. The lowest BCUT2D eigenvalue weighted by Crippen LogP contribution is -2.40. The van der Waals surface area contributed by atoms with Gasteiger partial charge in [-0.25, -0.2) is 4.79 Å². The molecule has 7 heteroatoms. The van der Waals surface area contributed by atoms with Crippen molar-refractivity contribution in [3.05, 3.63) is 35.4 Å². The fourth-order valence-corrected chi connectivity index (χ4v) is 1.85. The molecule has 0 aliphatic carbocycles. The molecular weight excluding hydrogens is 322 g/mol. The molecule has 0 spiro atoms. The fourth-order valence-electron chi connectivity index (χ4n) is 1.85. The SMILES string of the molecule is Cc1ccc(C(=O)NCCCNC(=O)CNC(=O)OC(C)(C)C)cc1. The zero-order valence-electron chi connectivity index (χ0n) is 15.3. The second-order valence-electron chi connectivity index (χ2n) is 6.68. The van der Waals surface area contributed by atoms with Crippen LogP contribution in [0.3, 0.4) is 0 Å². The Morgan fingerprint density at radius 2 is 1.56 bits per heavy atom. The van der Waals surface area contributed by atoms with Gasteiger partial charge in [0.05, 0.1) is 6.54 Å². The highest BCUT2D eigenvalue weighted by molar-refractivity contribution is 5.94.